The number of alkyl halides is 1. The Kier molecular flexibility index (Phi) is 4.14. The monoisotopic (exact) mass is 334 g/mol. The van der Waals surface area contributed by atoms with Gasteiger partial charge >= 0.3 is 0 Å². The van der Waals surface area contributed by atoms with Crippen molar-refractivity contribution >= 4 is 27.7 Å². The van der Waals surface area contributed by atoms with Crippen molar-refractivity contribution in [2.75, 3.05) is 6.61 Å². The van der Waals surface area contributed by atoms with Gasteiger partial charge in [0.15, 0.2) is 0 Å². The molecule has 1 aliphatic rings. The van der Waals surface area contributed by atoms with E-state index in [1.54, 1.807) is 0 Å². The predicted octanol–water partition coefficient (Wildman–Crippen LogP) is 4.68. The smallest absolute Gasteiger partial charge is 0.119 e. The molecule has 0 radical (unpaired) electrons. The van der Waals surface area contributed by atoms with Crippen LogP contribution >= 0.6 is 27.7 Å². The molecule has 0 fully saturated rings. The van der Waals surface area contributed by atoms with E-state index in [1.165, 1.54) is 16.0 Å². The summed E-state index contributed by atoms with van der Waals surface area (Å²) in [5.41, 5.74) is 2.70. The Hall–Kier alpha value is -0.930. The van der Waals surface area contributed by atoms with E-state index in [-0.39, 0.29) is 0 Å². The van der Waals surface area contributed by atoms with Crippen LogP contribution in [-0.4, -0.2) is 11.9 Å². The summed E-state index contributed by atoms with van der Waals surface area (Å²) in [4.78, 5) is 1.41. The van der Waals surface area contributed by atoms with Crippen LogP contribution in [0.25, 0.3) is 0 Å². The quantitative estimate of drug-likeness (QED) is 0.751. The average molecular weight is 335 g/mol. The number of ether oxygens (including phenoxy) is 1. The van der Waals surface area contributed by atoms with Gasteiger partial charge in [0.05, 0.1) is 0 Å². The van der Waals surface area contributed by atoms with Gasteiger partial charge in [0.25, 0.3) is 0 Å². The highest BCUT2D eigenvalue weighted by atomic mass is 79.9. The van der Waals surface area contributed by atoms with Gasteiger partial charge in [-0.2, -0.15) is 0 Å². The maximum Gasteiger partial charge on any atom is 0.119 e. The summed E-state index contributed by atoms with van der Waals surface area (Å²) in [6.07, 6.45) is 1.11. The average Bonchev–Trinajstić information content (AvgIpc) is 2.88. The molecule has 2 aromatic rings. The Morgan fingerprint density at radius 1 is 1.16 bits per heavy atom. The largest absolute Gasteiger partial charge is 0.492 e. The number of thioether (sulfide) groups is 1. The summed E-state index contributed by atoms with van der Waals surface area (Å²) in [5.74, 6) is 0.966. The molecule has 98 valence electrons. The first-order valence-corrected chi connectivity index (χ1v) is 8.37. The Morgan fingerprint density at radius 3 is 2.89 bits per heavy atom. The number of hydrogen-bond donors (Lipinski definition) is 0. The van der Waals surface area contributed by atoms with Crippen LogP contribution in [0.1, 0.15) is 11.1 Å². The van der Waals surface area contributed by atoms with Crippen molar-refractivity contribution in [2.24, 2.45) is 0 Å². The van der Waals surface area contributed by atoms with Crippen LogP contribution in [0.4, 0.5) is 0 Å². The molecule has 0 saturated carbocycles. The highest BCUT2D eigenvalue weighted by Crippen LogP contribution is 2.36. The summed E-state index contributed by atoms with van der Waals surface area (Å²) in [6.45, 7) is 0.769. The van der Waals surface area contributed by atoms with E-state index in [2.05, 4.69) is 52.3 Å². The predicted molar refractivity (Wildman–Crippen MR) is 84.4 cm³/mol. The van der Waals surface area contributed by atoms with Crippen LogP contribution in [0.3, 0.4) is 0 Å². The lowest BCUT2D eigenvalue weighted by molar-refractivity contribution is 0.317. The van der Waals surface area contributed by atoms with Gasteiger partial charge < -0.3 is 4.74 Å². The molecule has 1 unspecified atom stereocenters. The minimum atomic E-state index is 0.532. The lowest BCUT2D eigenvalue weighted by Gasteiger charge is -2.11. The first kappa shape index (κ1) is 13.1. The molecule has 1 atom stereocenters. The van der Waals surface area contributed by atoms with E-state index in [0.29, 0.717) is 5.25 Å². The molecule has 0 N–H and O–H groups in total. The fraction of sp³-hybridized carbons (Fsp3) is 0.250. The second-order valence-electron chi connectivity index (χ2n) is 4.64. The number of hydrogen-bond acceptors (Lipinski definition) is 2. The van der Waals surface area contributed by atoms with Crippen LogP contribution < -0.4 is 4.74 Å². The lowest BCUT2D eigenvalue weighted by atomic mass is 10.1. The first-order valence-electron chi connectivity index (χ1n) is 6.37. The minimum absolute atomic E-state index is 0.532. The van der Waals surface area contributed by atoms with E-state index in [4.69, 9.17) is 4.74 Å². The fourth-order valence-electron chi connectivity index (χ4n) is 2.25. The van der Waals surface area contributed by atoms with Crippen LogP contribution in [0.15, 0.2) is 53.4 Å². The molecule has 0 saturated heterocycles. The molecule has 0 aromatic heterocycles. The van der Waals surface area contributed by atoms with Crippen molar-refractivity contribution in [2.45, 2.75) is 21.9 Å². The van der Waals surface area contributed by atoms with E-state index in [1.807, 2.05) is 23.9 Å². The van der Waals surface area contributed by atoms with Crippen LogP contribution in [-0.2, 0) is 11.8 Å². The maximum absolute atomic E-state index is 5.92. The van der Waals surface area contributed by atoms with Crippen molar-refractivity contribution in [3.63, 3.8) is 0 Å². The Morgan fingerprint density at radius 2 is 2.05 bits per heavy atom. The molecule has 1 heterocycles. The molecule has 0 bridgehead atoms. The standard InChI is InChI=1S/C16H15BrOS/c17-10-12-4-3-6-14(8-12)18-11-15-9-13-5-1-2-7-16(13)19-15/h1-8,15H,9-11H2. The summed E-state index contributed by atoms with van der Waals surface area (Å²) in [7, 11) is 0. The molecule has 3 rings (SSSR count). The fourth-order valence-corrected chi connectivity index (χ4v) is 3.82. The molecular formula is C16H15BrOS. The number of fused-ring (bicyclic) bond motifs is 1. The van der Waals surface area contributed by atoms with Gasteiger partial charge in [-0.25, -0.2) is 0 Å². The van der Waals surface area contributed by atoms with Gasteiger partial charge in [0.2, 0.25) is 0 Å². The topological polar surface area (TPSA) is 9.23 Å². The third-order valence-corrected chi connectivity index (χ3v) is 5.14. The van der Waals surface area contributed by atoms with E-state index < -0.39 is 0 Å². The minimum Gasteiger partial charge on any atom is -0.492 e. The highest BCUT2D eigenvalue weighted by Gasteiger charge is 2.22. The van der Waals surface area contributed by atoms with Crippen LogP contribution in [0.2, 0.25) is 0 Å². The van der Waals surface area contributed by atoms with Gasteiger partial charge in [0, 0.05) is 15.5 Å². The van der Waals surface area contributed by atoms with Crippen LogP contribution in [0, 0.1) is 0 Å². The van der Waals surface area contributed by atoms with E-state index in [9.17, 15) is 0 Å². The summed E-state index contributed by atoms with van der Waals surface area (Å²) >= 11 is 5.40. The zero-order valence-corrected chi connectivity index (χ0v) is 12.9. The Labute approximate surface area is 126 Å². The molecule has 0 amide bonds. The molecule has 2 aromatic carbocycles. The Balaban J connectivity index is 1.59. The molecule has 1 nitrogen and oxygen atoms in total. The zero-order chi connectivity index (χ0) is 13.1. The van der Waals surface area contributed by atoms with Gasteiger partial charge in [0.1, 0.15) is 12.4 Å². The molecular weight excluding hydrogens is 320 g/mol. The van der Waals surface area contributed by atoms with Crippen molar-refractivity contribution in [1.82, 2.24) is 0 Å². The normalized spacial score (nSPS) is 17.2. The highest BCUT2D eigenvalue weighted by molar-refractivity contribution is 9.08. The van der Waals surface area contributed by atoms with Gasteiger partial charge in [-0.05, 0) is 35.7 Å². The van der Waals surface area contributed by atoms with Crippen molar-refractivity contribution < 1.29 is 4.74 Å². The number of halogens is 1. The summed E-state index contributed by atoms with van der Waals surface area (Å²) < 4.78 is 5.92. The second kappa shape index (κ2) is 6.02. The molecule has 0 spiro atoms. The molecule has 0 aliphatic carbocycles. The lowest BCUT2D eigenvalue weighted by Crippen LogP contribution is -2.13. The second-order valence-corrected chi connectivity index (χ2v) is 6.55. The third kappa shape index (κ3) is 3.15. The van der Waals surface area contributed by atoms with Gasteiger partial charge in [-0.3, -0.25) is 0 Å². The third-order valence-electron chi connectivity index (χ3n) is 3.20. The molecule has 1 aliphatic heterocycles. The summed E-state index contributed by atoms with van der Waals surface area (Å²) in [6, 6.07) is 16.9. The molecule has 19 heavy (non-hydrogen) atoms. The maximum atomic E-state index is 5.92. The summed E-state index contributed by atoms with van der Waals surface area (Å²) in [5, 5.41) is 1.40. The van der Waals surface area contributed by atoms with Crippen molar-refractivity contribution in [3.8, 4) is 5.75 Å². The Bertz CT molecular complexity index is 545. The van der Waals surface area contributed by atoms with Crippen molar-refractivity contribution in [3.05, 3.63) is 59.7 Å². The van der Waals surface area contributed by atoms with E-state index in [0.717, 1.165) is 24.1 Å². The number of benzene rings is 2. The zero-order valence-electron chi connectivity index (χ0n) is 10.5. The van der Waals surface area contributed by atoms with Gasteiger partial charge in [-0.15, -0.1) is 11.8 Å². The first-order chi connectivity index (χ1) is 9.35. The van der Waals surface area contributed by atoms with Crippen LogP contribution in [0.5, 0.6) is 5.75 Å². The van der Waals surface area contributed by atoms with Crippen molar-refractivity contribution in [1.29, 1.82) is 0 Å². The SMILES string of the molecule is BrCc1cccc(OCC2Cc3ccccc3S2)c1. The number of rotatable bonds is 4. The molecule has 3 heteroatoms. The van der Waals surface area contributed by atoms with E-state index >= 15 is 0 Å². The van der Waals surface area contributed by atoms with Gasteiger partial charge in [-0.1, -0.05) is 46.3 Å².